The lowest BCUT2D eigenvalue weighted by molar-refractivity contribution is 0.0700. The third kappa shape index (κ3) is 2.55. The van der Waals surface area contributed by atoms with Gasteiger partial charge in [0.05, 0.1) is 5.69 Å². The van der Waals surface area contributed by atoms with Gasteiger partial charge >= 0.3 is 5.97 Å². The van der Waals surface area contributed by atoms with Crippen LogP contribution >= 0.6 is 38.9 Å². The first-order valence-electron chi connectivity index (χ1n) is 5.75. The smallest absolute Gasteiger partial charge is 0.347 e. The van der Waals surface area contributed by atoms with Crippen LogP contribution in [0.1, 0.15) is 34.1 Å². The quantitative estimate of drug-likeness (QED) is 0.857. The third-order valence-corrected chi connectivity index (χ3v) is 4.99. The Bertz CT molecular complexity index is 667. The Balaban J connectivity index is 2.12. The van der Waals surface area contributed by atoms with Gasteiger partial charge in [0.2, 0.25) is 0 Å². The minimum absolute atomic E-state index is 0.314. The number of aromatic carboxylic acids is 1. The third-order valence-electron chi connectivity index (χ3n) is 2.97. The van der Waals surface area contributed by atoms with Crippen LogP contribution in [-0.4, -0.2) is 16.1 Å². The molecule has 2 aromatic rings. The number of hydrogen-bond donors (Lipinski definition) is 1. The molecule has 0 aliphatic heterocycles. The fourth-order valence-electron chi connectivity index (χ4n) is 1.90. The average Bonchev–Trinajstić information content (AvgIpc) is 3.11. The molecule has 1 saturated carbocycles. The van der Waals surface area contributed by atoms with E-state index in [9.17, 15) is 9.90 Å². The zero-order valence-electron chi connectivity index (χ0n) is 9.69. The van der Waals surface area contributed by atoms with E-state index in [0.717, 1.165) is 28.6 Å². The molecule has 3 rings (SSSR count). The molecule has 19 heavy (non-hydrogen) atoms. The maximum absolute atomic E-state index is 11.3. The number of carboxylic acids is 1. The van der Waals surface area contributed by atoms with Crippen LogP contribution in [0.2, 0.25) is 5.02 Å². The van der Waals surface area contributed by atoms with Crippen LogP contribution in [0.15, 0.2) is 22.7 Å². The molecule has 0 radical (unpaired) electrons. The molecule has 0 unspecified atom stereocenters. The first kappa shape index (κ1) is 13.1. The van der Waals surface area contributed by atoms with Crippen molar-refractivity contribution in [2.24, 2.45) is 0 Å². The lowest BCUT2D eigenvalue weighted by Crippen LogP contribution is -1.97. The zero-order chi connectivity index (χ0) is 13.6. The minimum atomic E-state index is -0.899. The molecule has 1 N–H and O–H groups in total. The molecule has 1 aromatic heterocycles. The average molecular weight is 359 g/mol. The molecule has 98 valence electrons. The molecular weight excluding hydrogens is 350 g/mol. The molecule has 1 aromatic carbocycles. The second-order valence-corrected chi connectivity index (χ2v) is 6.73. The van der Waals surface area contributed by atoms with Crippen molar-refractivity contribution < 1.29 is 9.90 Å². The van der Waals surface area contributed by atoms with Crippen molar-refractivity contribution in [1.82, 2.24) is 4.98 Å². The van der Waals surface area contributed by atoms with Gasteiger partial charge in [-0.25, -0.2) is 9.78 Å². The number of halogens is 2. The maximum atomic E-state index is 11.3. The van der Waals surface area contributed by atoms with Gasteiger partial charge in [0.15, 0.2) is 0 Å². The van der Waals surface area contributed by atoms with Crippen molar-refractivity contribution in [1.29, 1.82) is 0 Å². The Labute approximate surface area is 127 Å². The summed E-state index contributed by atoms with van der Waals surface area (Å²) >= 11 is 10.7. The van der Waals surface area contributed by atoms with Crippen molar-refractivity contribution in [2.45, 2.75) is 18.8 Å². The highest BCUT2D eigenvalue weighted by atomic mass is 79.9. The molecule has 0 amide bonds. The Morgan fingerprint density at radius 2 is 2.21 bits per heavy atom. The fraction of sp³-hybridized carbons (Fsp3) is 0.231. The molecule has 0 bridgehead atoms. The largest absolute Gasteiger partial charge is 0.477 e. The highest BCUT2D eigenvalue weighted by Gasteiger charge is 2.32. The minimum Gasteiger partial charge on any atom is -0.477 e. The molecule has 1 aliphatic rings. The zero-order valence-corrected chi connectivity index (χ0v) is 12.8. The van der Waals surface area contributed by atoms with E-state index in [1.807, 2.05) is 6.07 Å². The summed E-state index contributed by atoms with van der Waals surface area (Å²) in [7, 11) is 0. The molecule has 1 fully saturated rings. The number of hydrogen-bond acceptors (Lipinski definition) is 3. The molecule has 6 heteroatoms. The second-order valence-electron chi connectivity index (χ2n) is 4.44. The number of nitrogens with zero attached hydrogens (tertiary/aromatic N) is 1. The predicted molar refractivity (Wildman–Crippen MR) is 79.2 cm³/mol. The van der Waals surface area contributed by atoms with Crippen LogP contribution in [0.4, 0.5) is 0 Å². The van der Waals surface area contributed by atoms with Crippen LogP contribution in [0.25, 0.3) is 10.6 Å². The summed E-state index contributed by atoms with van der Waals surface area (Å²) in [6.07, 6.45) is 2.06. The van der Waals surface area contributed by atoms with Crippen molar-refractivity contribution in [3.05, 3.63) is 38.3 Å². The highest BCUT2D eigenvalue weighted by Crippen LogP contribution is 2.45. The first-order chi connectivity index (χ1) is 9.06. The molecule has 0 saturated heterocycles. The van der Waals surface area contributed by atoms with Gasteiger partial charge in [0, 0.05) is 21.0 Å². The van der Waals surface area contributed by atoms with E-state index in [4.69, 9.17) is 11.6 Å². The van der Waals surface area contributed by atoms with Crippen LogP contribution in [-0.2, 0) is 0 Å². The van der Waals surface area contributed by atoms with Crippen LogP contribution in [0.3, 0.4) is 0 Å². The van der Waals surface area contributed by atoms with E-state index in [-0.39, 0.29) is 0 Å². The van der Waals surface area contributed by atoms with Gasteiger partial charge in [-0.2, -0.15) is 0 Å². The summed E-state index contributed by atoms with van der Waals surface area (Å²) in [6, 6.07) is 5.42. The molecule has 0 spiro atoms. The molecule has 1 heterocycles. The van der Waals surface area contributed by atoms with Gasteiger partial charge in [0.25, 0.3) is 0 Å². The van der Waals surface area contributed by atoms with E-state index in [1.54, 1.807) is 12.1 Å². The molecule has 1 aliphatic carbocycles. The van der Waals surface area contributed by atoms with Gasteiger partial charge in [-0.15, -0.1) is 11.3 Å². The standard InChI is InChI=1S/C13H9BrClNO2S/c14-9-4-3-7(15)5-8(9)12-16-10(6-1-2-6)11(19-12)13(17)18/h3-6H,1-2H2,(H,17,18). The molecule has 3 nitrogen and oxygen atoms in total. The van der Waals surface area contributed by atoms with Gasteiger partial charge in [-0.05, 0) is 31.0 Å². The van der Waals surface area contributed by atoms with E-state index in [0.29, 0.717) is 20.8 Å². The van der Waals surface area contributed by atoms with E-state index >= 15 is 0 Å². The topological polar surface area (TPSA) is 50.2 Å². The van der Waals surface area contributed by atoms with E-state index < -0.39 is 5.97 Å². The van der Waals surface area contributed by atoms with Crippen molar-refractivity contribution in [2.75, 3.05) is 0 Å². The lowest BCUT2D eigenvalue weighted by Gasteiger charge is -2.00. The number of thiazole rings is 1. The molecule has 0 atom stereocenters. The number of aromatic nitrogens is 1. The summed E-state index contributed by atoms with van der Waals surface area (Å²) in [5.74, 6) is -0.585. The number of carbonyl (C=O) groups is 1. The normalized spacial score (nSPS) is 14.6. The number of rotatable bonds is 3. The van der Waals surface area contributed by atoms with Gasteiger partial charge in [-0.3, -0.25) is 0 Å². The van der Waals surface area contributed by atoms with Gasteiger partial charge in [-0.1, -0.05) is 27.5 Å². The van der Waals surface area contributed by atoms with Crippen molar-refractivity contribution in [3.8, 4) is 10.6 Å². The van der Waals surface area contributed by atoms with Crippen molar-refractivity contribution >= 4 is 44.8 Å². The summed E-state index contributed by atoms with van der Waals surface area (Å²) in [5.41, 5.74) is 1.56. The van der Waals surface area contributed by atoms with Crippen LogP contribution in [0, 0.1) is 0 Å². The summed E-state index contributed by atoms with van der Waals surface area (Å²) < 4.78 is 0.866. The number of benzene rings is 1. The fourth-order valence-corrected chi connectivity index (χ4v) is 3.65. The monoisotopic (exact) mass is 357 g/mol. The predicted octanol–water partition coefficient (Wildman–Crippen LogP) is 4.80. The second kappa shape index (κ2) is 4.89. The van der Waals surface area contributed by atoms with Crippen LogP contribution in [0.5, 0.6) is 0 Å². The van der Waals surface area contributed by atoms with Gasteiger partial charge < -0.3 is 5.11 Å². The molecular formula is C13H9BrClNO2S. The SMILES string of the molecule is O=C(O)c1sc(-c2cc(Cl)ccc2Br)nc1C1CC1. The Morgan fingerprint density at radius 3 is 2.84 bits per heavy atom. The van der Waals surface area contributed by atoms with Gasteiger partial charge in [0.1, 0.15) is 9.88 Å². The van der Waals surface area contributed by atoms with Crippen LogP contribution < -0.4 is 0 Å². The Morgan fingerprint density at radius 1 is 1.47 bits per heavy atom. The first-order valence-corrected chi connectivity index (χ1v) is 7.74. The van der Waals surface area contributed by atoms with E-state index in [2.05, 4.69) is 20.9 Å². The Kier molecular flexibility index (Phi) is 3.37. The number of carboxylic acid groups (broad SMARTS) is 1. The lowest BCUT2D eigenvalue weighted by atomic mass is 10.2. The van der Waals surface area contributed by atoms with Crippen molar-refractivity contribution in [3.63, 3.8) is 0 Å². The summed E-state index contributed by atoms with van der Waals surface area (Å²) in [4.78, 5) is 16.1. The summed E-state index contributed by atoms with van der Waals surface area (Å²) in [6.45, 7) is 0. The van der Waals surface area contributed by atoms with E-state index in [1.165, 1.54) is 11.3 Å². The summed E-state index contributed by atoms with van der Waals surface area (Å²) in [5, 5.41) is 10.6. The maximum Gasteiger partial charge on any atom is 0.347 e. The highest BCUT2D eigenvalue weighted by molar-refractivity contribution is 9.10. The Hall–Kier alpha value is -0.910.